The second kappa shape index (κ2) is 10.3. The molecule has 2 N–H and O–H groups in total. The van der Waals surface area contributed by atoms with E-state index in [1.165, 1.54) is 5.56 Å². The van der Waals surface area contributed by atoms with Gasteiger partial charge in [-0.25, -0.2) is 4.79 Å². The molecule has 2 aromatic carbocycles. The standard InChI is InChI=1S/C25H26ClNO4/c1-16-3-5-18(6-4-16)13-14-31-23-12-11-21(26)15-22(23)24(28)27-17(2)19-7-9-20(10-8-19)25(29)30/h3-7,9-12,15,17,19H,8,13-14H2,1-2H3,(H,27,28)(H,29,30)/t17-,19?/m0/s1. The Kier molecular flexibility index (Phi) is 7.53. The van der Waals surface area contributed by atoms with Crippen LogP contribution in [0.5, 0.6) is 5.75 Å². The number of nitrogens with one attached hydrogen (secondary N) is 1. The first-order chi connectivity index (χ1) is 14.8. The molecule has 2 atom stereocenters. The molecule has 162 valence electrons. The third-order valence-electron chi connectivity index (χ3n) is 5.34. The van der Waals surface area contributed by atoms with E-state index in [2.05, 4.69) is 29.6 Å². The van der Waals surface area contributed by atoms with Gasteiger partial charge in [-0.05, 0) is 44.0 Å². The van der Waals surface area contributed by atoms with Crippen molar-refractivity contribution >= 4 is 23.5 Å². The maximum absolute atomic E-state index is 12.9. The Morgan fingerprint density at radius 2 is 1.97 bits per heavy atom. The van der Waals surface area contributed by atoms with Gasteiger partial charge in [0.25, 0.3) is 5.91 Å². The number of aryl methyl sites for hydroxylation is 1. The fourth-order valence-corrected chi connectivity index (χ4v) is 3.57. The Balaban J connectivity index is 1.62. The number of carbonyl (C=O) groups excluding carboxylic acids is 1. The van der Waals surface area contributed by atoms with Gasteiger partial charge in [-0.3, -0.25) is 4.79 Å². The van der Waals surface area contributed by atoms with Crippen LogP contribution in [-0.4, -0.2) is 29.6 Å². The molecule has 1 aliphatic rings. The number of hydrogen-bond donors (Lipinski definition) is 2. The molecule has 0 saturated carbocycles. The molecule has 6 heteroatoms. The van der Waals surface area contributed by atoms with Crippen LogP contribution in [0.25, 0.3) is 0 Å². The average molecular weight is 440 g/mol. The average Bonchev–Trinajstić information content (AvgIpc) is 2.76. The van der Waals surface area contributed by atoms with E-state index in [0.29, 0.717) is 29.4 Å². The number of carbonyl (C=O) groups is 2. The van der Waals surface area contributed by atoms with E-state index in [0.717, 1.165) is 12.0 Å². The van der Waals surface area contributed by atoms with E-state index in [1.54, 1.807) is 30.4 Å². The maximum Gasteiger partial charge on any atom is 0.335 e. The van der Waals surface area contributed by atoms with E-state index in [9.17, 15) is 9.59 Å². The van der Waals surface area contributed by atoms with Crippen molar-refractivity contribution in [2.75, 3.05) is 6.61 Å². The molecule has 0 aliphatic heterocycles. The van der Waals surface area contributed by atoms with Gasteiger partial charge in [-0.15, -0.1) is 0 Å². The lowest BCUT2D eigenvalue weighted by Crippen LogP contribution is -2.38. The molecule has 0 spiro atoms. The van der Waals surface area contributed by atoms with Gasteiger partial charge in [-0.1, -0.05) is 59.7 Å². The van der Waals surface area contributed by atoms with Gasteiger partial charge in [-0.2, -0.15) is 0 Å². The highest BCUT2D eigenvalue weighted by molar-refractivity contribution is 6.31. The number of hydrogen-bond acceptors (Lipinski definition) is 3. The van der Waals surface area contributed by atoms with Crippen molar-refractivity contribution in [3.05, 3.63) is 88.0 Å². The van der Waals surface area contributed by atoms with Gasteiger partial charge in [0.15, 0.2) is 0 Å². The number of allylic oxidation sites excluding steroid dienone is 1. The predicted molar refractivity (Wildman–Crippen MR) is 122 cm³/mol. The third-order valence-corrected chi connectivity index (χ3v) is 5.57. The Labute approximate surface area is 187 Å². The Morgan fingerprint density at radius 1 is 1.23 bits per heavy atom. The molecular weight excluding hydrogens is 414 g/mol. The summed E-state index contributed by atoms with van der Waals surface area (Å²) in [6.45, 7) is 4.38. The number of rotatable bonds is 8. The van der Waals surface area contributed by atoms with Gasteiger partial charge < -0.3 is 15.2 Å². The first-order valence-electron chi connectivity index (χ1n) is 10.2. The van der Waals surface area contributed by atoms with Crippen LogP contribution in [-0.2, 0) is 11.2 Å². The van der Waals surface area contributed by atoms with Crippen molar-refractivity contribution < 1.29 is 19.4 Å². The molecule has 2 aromatic rings. The zero-order valence-electron chi connectivity index (χ0n) is 17.6. The number of amides is 1. The van der Waals surface area contributed by atoms with Crippen molar-refractivity contribution in [3.63, 3.8) is 0 Å². The monoisotopic (exact) mass is 439 g/mol. The van der Waals surface area contributed by atoms with Gasteiger partial charge in [0.2, 0.25) is 0 Å². The first kappa shape index (κ1) is 22.6. The summed E-state index contributed by atoms with van der Waals surface area (Å²) in [5.41, 5.74) is 3.02. The van der Waals surface area contributed by atoms with Crippen molar-refractivity contribution in [1.82, 2.24) is 5.32 Å². The van der Waals surface area contributed by atoms with Gasteiger partial charge in [0.05, 0.1) is 17.7 Å². The highest BCUT2D eigenvalue weighted by atomic mass is 35.5. The molecule has 0 aromatic heterocycles. The van der Waals surface area contributed by atoms with E-state index in [4.69, 9.17) is 21.4 Å². The molecular formula is C25H26ClNO4. The lowest BCUT2D eigenvalue weighted by atomic mass is 9.91. The zero-order chi connectivity index (χ0) is 22.4. The lowest BCUT2D eigenvalue weighted by molar-refractivity contribution is -0.132. The van der Waals surface area contributed by atoms with Gasteiger partial charge in [0.1, 0.15) is 5.75 Å². The smallest absolute Gasteiger partial charge is 0.335 e. The number of carboxylic acids is 1. The topological polar surface area (TPSA) is 75.6 Å². The number of benzene rings is 2. The summed E-state index contributed by atoms with van der Waals surface area (Å²) >= 11 is 6.13. The van der Waals surface area contributed by atoms with Crippen molar-refractivity contribution in [2.24, 2.45) is 5.92 Å². The maximum atomic E-state index is 12.9. The fourth-order valence-electron chi connectivity index (χ4n) is 3.40. The second-order valence-electron chi connectivity index (χ2n) is 7.71. The first-order valence-corrected chi connectivity index (χ1v) is 10.6. The summed E-state index contributed by atoms with van der Waals surface area (Å²) in [6, 6.07) is 13.1. The van der Waals surface area contributed by atoms with Crippen LogP contribution in [0.3, 0.4) is 0 Å². The molecule has 1 aliphatic carbocycles. The highest BCUT2D eigenvalue weighted by Gasteiger charge is 2.22. The molecule has 0 bridgehead atoms. The summed E-state index contributed by atoms with van der Waals surface area (Å²) in [4.78, 5) is 24.0. The Morgan fingerprint density at radius 3 is 2.61 bits per heavy atom. The van der Waals surface area contributed by atoms with Crippen LogP contribution >= 0.6 is 11.6 Å². The van der Waals surface area contributed by atoms with Crippen molar-refractivity contribution in [3.8, 4) is 5.75 Å². The number of ether oxygens (including phenoxy) is 1. The molecule has 0 heterocycles. The number of aliphatic carboxylic acids is 1. The number of halogens is 1. The van der Waals surface area contributed by atoms with Gasteiger partial charge in [0, 0.05) is 23.4 Å². The summed E-state index contributed by atoms with van der Waals surface area (Å²) in [6.07, 6.45) is 6.36. The minimum atomic E-state index is -0.947. The number of carboxylic acid groups (broad SMARTS) is 1. The fraction of sp³-hybridized carbons (Fsp3) is 0.280. The molecule has 3 rings (SSSR count). The zero-order valence-corrected chi connectivity index (χ0v) is 18.4. The molecule has 0 saturated heterocycles. The quantitative estimate of drug-likeness (QED) is 0.608. The molecule has 31 heavy (non-hydrogen) atoms. The summed E-state index contributed by atoms with van der Waals surface area (Å²) in [5, 5.41) is 12.5. The minimum absolute atomic E-state index is 0.0112. The highest BCUT2D eigenvalue weighted by Crippen LogP contribution is 2.25. The molecule has 0 radical (unpaired) electrons. The molecule has 5 nitrogen and oxygen atoms in total. The van der Waals surface area contributed by atoms with Crippen LogP contribution in [0, 0.1) is 12.8 Å². The van der Waals surface area contributed by atoms with Gasteiger partial charge >= 0.3 is 5.97 Å². The Hall–Kier alpha value is -3.05. The summed E-state index contributed by atoms with van der Waals surface area (Å²) < 4.78 is 5.91. The summed E-state index contributed by atoms with van der Waals surface area (Å²) in [7, 11) is 0. The largest absolute Gasteiger partial charge is 0.492 e. The molecule has 1 amide bonds. The lowest BCUT2D eigenvalue weighted by Gasteiger charge is -2.24. The van der Waals surface area contributed by atoms with Crippen molar-refractivity contribution in [2.45, 2.75) is 32.7 Å². The molecule has 1 unspecified atom stereocenters. The van der Waals surface area contributed by atoms with E-state index < -0.39 is 5.97 Å². The third kappa shape index (κ3) is 6.22. The van der Waals surface area contributed by atoms with E-state index in [1.807, 2.05) is 19.9 Å². The summed E-state index contributed by atoms with van der Waals surface area (Å²) in [5.74, 6) is -0.731. The molecule has 0 fully saturated rings. The van der Waals surface area contributed by atoms with E-state index >= 15 is 0 Å². The Bertz CT molecular complexity index is 1010. The van der Waals surface area contributed by atoms with Crippen LogP contribution in [0.15, 0.2) is 66.3 Å². The van der Waals surface area contributed by atoms with Crippen LogP contribution in [0.2, 0.25) is 5.02 Å². The predicted octanol–water partition coefficient (Wildman–Crippen LogP) is 4.98. The van der Waals surface area contributed by atoms with Crippen molar-refractivity contribution in [1.29, 1.82) is 0 Å². The second-order valence-corrected chi connectivity index (χ2v) is 8.15. The van der Waals surface area contributed by atoms with Crippen LogP contribution in [0.1, 0.15) is 34.8 Å². The normalized spacial score (nSPS) is 16.4. The minimum Gasteiger partial charge on any atom is -0.492 e. The SMILES string of the molecule is Cc1ccc(CCOc2ccc(Cl)cc2C(=O)N[C@@H](C)C2C=CC(C(=O)O)=CC2)cc1. The van der Waals surface area contributed by atoms with E-state index in [-0.39, 0.29) is 23.4 Å². The van der Waals surface area contributed by atoms with Crippen LogP contribution < -0.4 is 10.1 Å². The van der Waals surface area contributed by atoms with Crippen LogP contribution in [0.4, 0.5) is 0 Å².